The average Bonchev–Trinajstić information content (AvgIpc) is 1.61. The molecule has 0 spiro atoms. The van der Waals surface area contributed by atoms with Gasteiger partial charge in [-0.25, -0.2) is 9.59 Å². The van der Waals surface area contributed by atoms with Crippen molar-refractivity contribution in [3.63, 3.8) is 0 Å². The minimum atomic E-state index is -1.26. The molecule has 0 aromatic heterocycles. The topological polar surface area (TPSA) is 74.6 Å². The van der Waals surface area contributed by atoms with Gasteiger partial charge in [-0.15, -0.1) is 0 Å². The Bertz CT molecular complexity index is 126. The zero-order chi connectivity index (χ0) is 6.57. The van der Waals surface area contributed by atoms with Gasteiger partial charge in [0.05, 0.1) is 0 Å². The van der Waals surface area contributed by atoms with Gasteiger partial charge >= 0.3 is 11.9 Å². The van der Waals surface area contributed by atoms with Gasteiger partial charge in [0.1, 0.15) is 0 Å². The van der Waals surface area contributed by atoms with E-state index in [1.54, 1.807) is 0 Å². The summed E-state index contributed by atoms with van der Waals surface area (Å²) in [6.45, 7) is 0. The zero-order valence-corrected chi connectivity index (χ0v) is 6.35. The van der Waals surface area contributed by atoms with E-state index in [4.69, 9.17) is 10.2 Å². The quantitative estimate of drug-likeness (QED) is 0.516. The summed E-state index contributed by atoms with van der Waals surface area (Å²) in [5.41, 5.74) is 0. The van der Waals surface area contributed by atoms with Crippen LogP contribution in [0.15, 0.2) is 12.2 Å². The van der Waals surface area contributed by atoms with Crippen molar-refractivity contribution in [1.82, 2.24) is 0 Å². The molecule has 0 aromatic carbocycles. The van der Waals surface area contributed by atoms with Gasteiger partial charge in [0.2, 0.25) is 0 Å². The maximum absolute atomic E-state index is 9.55. The average molecular weight is 243 g/mol. The summed E-state index contributed by atoms with van der Waals surface area (Å²) in [6.07, 6.45) is 1.12. The van der Waals surface area contributed by atoms with Gasteiger partial charge < -0.3 is 10.2 Å². The van der Waals surface area contributed by atoms with Gasteiger partial charge in [-0.05, 0) is 0 Å². The summed E-state index contributed by atoms with van der Waals surface area (Å²) in [4.78, 5) is 19.1. The maximum atomic E-state index is 9.55. The van der Waals surface area contributed by atoms with Gasteiger partial charge in [0.15, 0.2) is 0 Å². The minimum Gasteiger partial charge on any atom is -0.478 e. The van der Waals surface area contributed by atoms with Crippen molar-refractivity contribution in [3.8, 4) is 0 Å². The van der Waals surface area contributed by atoms with E-state index in [1.165, 1.54) is 0 Å². The van der Waals surface area contributed by atoms with Crippen LogP contribution in [0.2, 0.25) is 0 Å². The first kappa shape index (κ1) is 16.4. The molecule has 2 radical (unpaired) electrons. The monoisotopic (exact) mass is 242 g/mol. The molecule has 0 atom stereocenters. The van der Waals surface area contributed by atoms with E-state index in [-0.39, 0.29) is 34.1 Å². The Morgan fingerprint density at radius 1 is 0.900 bits per heavy atom. The van der Waals surface area contributed by atoms with Crippen molar-refractivity contribution in [2.75, 3.05) is 0 Å². The molecule has 10 heavy (non-hydrogen) atoms. The normalized spacial score (nSPS) is 7.60. The number of hydrogen-bond acceptors (Lipinski definition) is 2. The second kappa shape index (κ2) is 8.72. The maximum Gasteiger partial charge on any atom is 0.328 e. The second-order valence-electron chi connectivity index (χ2n) is 1.01. The molecule has 0 rings (SSSR count). The van der Waals surface area contributed by atoms with E-state index >= 15 is 0 Å². The van der Waals surface area contributed by atoms with Crippen molar-refractivity contribution < 1.29 is 53.9 Å². The molecule has 0 saturated carbocycles. The van der Waals surface area contributed by atoms with Crippen molar-refractivity contribution in [3.05, 3.63) is 12.2 Å². The number of carbonyl (C=O) groups is 2. The van der Waals surface area contributed by atoms with E-state index in [0.29, 0.717) is 12.2 Å². The number of carboxylic acids is 2. The first-order valence-electron chi connectivity index (χ1n) is 1.77. The van der Waals surface area contributed by atoms with Crippen LogP contribution in [0.3, 0.4) is 0 Å². The molecule has 0 bridgehead atoms. The Kier molecular flexibility index (Phi) is 14.3. The van der Waals surface area contributed by atoms with Crippen LogP contribution in [0, 0.1) is 0 Å². The van der Waals surface area contributed by atoms with Gasteiger partial charge in [0, 0.05) is 46.3 Å². The molecular formula is C4H4Cu2O4. The van der Waals surface area contributed by atoms with Crippen molar-refractivity contribution in [2.45, 2.75) is 0 Å². The molecule has 0 unspecified atom stereocenters. The summed E-state index contributed by atoms with van der Waals surface area (Å²) in [5.74, 6) is -2.51. The van der Waals surface area contributed by atoms with Gasteiger partial charge in [-0.3, -0.25) is 0 Å². The van der Waals surface area contributed by atoms with Crippen LogP contribution in [0.1, 0.15) is 0 Å². The van der Waals surface area contributed by atoms with Crippen LogP contribution in [-0.2, 0) is 43.7 Å². The van der Waals surface area contributed by atoms with Crippen molar-refractivity contribution in [2.24, 2.45) is 0 Å². The Morgan fingerprint density at radius 2 is 1.10 bits per heavy atom. The third-order valence-electron chi connectivity index (χ3n) is 0.368. The largest absolute Gasteiger partial charge is 0.478 e. The molecule has 0 aliphatic rings. The van der Waals surface area contributed by atoms with Crippen LogP contribution < -0.4 is 0 Å². The fourth-order valence-corrected chi connectivity index (χ4v) is 0.143. The molecule has 0 amide bonds. The smallest absolute Gasteiger partial charge is 0.328 e. The standard InChI is InChI=1S/C4H4O4.2Cu/c5-3(6)1-2-4(7)8;;/h1-2H,(H,5,6)(H,7,8);;/b2-1+;;. The summed E-state index contributed by atoms with van der Waals surface area (Å²) >= 11 is 0. The number of carboxylic acid groups (broad SMARTS) is 2. The van der Waals surface area contributed by atoms with Gasteiger partial charge in [-0.1, -0.05) is 0 Å². The van der Waals surface area contributed by atoms with E-state index < -0.39 is 11.9 Å². The molecule has 0 aliphatic heterocycles. The number of rotatable bonds is 2. The fraction of sp³-hybridized carbons (Fsp3) is 0. The van der Waals surface area contributed by atoms with E-state index in [9.17, 15) is 9.59 Å². The van der Waals surface area contributed by atoms with E-state index in [2.05, 4.69) is 0 Å². The molecule has 66 valence electrons. The summed E-state index contributed by atoms with van der Waals surface area (Å²) in [6, 6.07) is 0. The van der Waals surface area contributed by atoms with Crippen LogP contribution >= 0.6 is 0 Å². The Hall–Kier alpha value is -0.281. The third kappa shape index (κ3) is 15.6. The Balaban J connectivity index is -0.000000245. The first-order valence-corrected chi connectivity index (χ1v) is 1.77. The van der Waals surface area contributed by atoms with Crippen molar-refractivity contribution >= 4 is 11.9 Å². The van der Waals surface area contributed by atoms with Gasteiger partial charge in [-0.2, -0.15) is 0 Å². The fourth-order valence-electron chi connectivity index (χ4n) is 0.143. The summed E-state index contributed by atoms with van der Waals surface area (Å²) < 4.78 is 0. The predicted molar refractivity (Wildman–Crippen MR) is 24.4 cm³/mol. The molecule has 6 heteroatoms. The van der Waals surface area contributed by atoms with Crippen LogP contribution in [0.25, 0.3) is 0 Å². The van der Waals surface area contributed by atoms with Crippen LogP contribution in [0.5, 0.6) is 0 Å². The zero-order valence-electron chi connectivity index (χ0n) is 4.47. The third-order valence-corrected chi connectivity index (χ3v) is 0.368. The number of aliphatic carboxylic acids is 2. The first-order chi connectivity index (χ1) is 3.63. The van der Waals surface area contributed by atoms with E-state index in [0.717, 1.165) is 0 Å². The van der Waals surface area contributed by atoms with Crippen LogP contribution in [-0.4, -0.2) is 22.2 Å². The summed E-state index contributed by atoms with van der Waals surface area (Å²) in [7, 11) is 0. The van der Waals surface area contributed by atoms with Gasteiger partial charge in [0.25, 0.3) is 0 Å². The van der Waals surface area contributed by atoms with Crippen LogP contribution in [0.4, 0.5) is 0 Å². The molecule has 0 saturated heterocycles. The molecule has 4 nitrogen and oxygen atoms in total. The molecule has 0 fully saturated rings. The molecule has 2 N–H and O–H groups in total. The summed E-state index contributed by atoms with van der Waals surface area (Å²) in [5, 5.41) is 15.6. The second-order valence-corrected chi connectivity index (χ2v) is 1.01. The van der Waals surface area contributed by atoms with E-state index in [1.807, 2.05) is 0 Å². The molecule has 0 aliphatic carbocycles. The minimum absolute atomic E-state index is 0. The number of hydrogen-bond donors (Lipinski definition) is 2. The van der Waals surface area contributed by atoms with Crippen molar-refractivity contribution in [1.29, 1.82) is 0 Å². The predicted octanol–water partition coefficient (Wildman–Crippen LogP) is -0.293. The molecule has 0 heterocycles. The molecular weight excluding hydrogens is 239 g/mol. The Labute approximate surface area is 78.2 Å². The SMILES string of the molecule is O=C(O)/C=C/C(=O)O.[Cu].[Cu]. The molecule has 0 aromatic rings. The Morgan fingerprint density at radius 3 is 1.20 bits per heavy atom.